The third-order valence-electron chi connectivity index (χ3n) is 2.95. The Morgan fingerprint density at radius 1 is 1.35 bits per heavy atom. The van der Waals surface area contributed by atoms with Crippen molar-refractivity contribution in [3.05, 3.63) is 50.6 Å². The highest BCUT2D eigenvalue weighted by atomic mass is 79.9. The van der Waals surface area contributed by atoms with Crippen LogP contribution in [0.2, 0.25) is 0 Å². The van der Waals surface area contributed by atoms with E-state index in [-0.39, 0.29) is 6.10 Å². The summed E-state index contributed by atoms with van der Waals surface area (Å²) in [5.41, 5.74) is 2.01. The van der Waals surface area contributed by atoms with Crippen LogP contribution >= 0.6 is 27.3 Å². The number of ether oxygens (including phenoxy) is 1. The molecular formula is C13H11BrO2S. The molecular weight excluding hydrogens is 300 g/mol. The minimum Gasteiger partial charge on any atom is -0.485 e. The molecule has 1 aromatic heterocycles. The molecule has 2 heterocycles. The quantitative estimate of drug-likeness (QED) is 0.860. The number of aliphatic hydroxyl groups is 1. The van der Waals surface area contributed by atoms with Gasteiger partial charge in [-0.1, -0.05) is 15.9 Å². The Morgan fingerprint density at radius 2 is 2.24 bits per heavy atom. The van der Waals surface area contributed by atoms with E-state index >= 15 is 0 Å². The molecule has 2 aromatic rings. The van der Waals surface area contributed by atoms with E-state index < -0.39 is 6.10 Å². The number of fused-ring (bicyclic) bond motifs is 1. The summed E-state index contributed by atoms with van der Waals surface area (Å²) in [4.78, 5) is 0. The Labute approximate surface area is 112 Å². The van der Waals surface area contributed by atoms with Crippen molar-refractivity contribution in [1.29, 1.82) is 0 Å². The second kappa shape index (κ2) is 4.44. The topological polar surface area (TPSA) is 29.5 Å². The first-order valence-corrected chi connectivity index (χ1v) is 7.14. The summed E-state index contributed by atoms with van der Waals surface area (Å²) >= 11 is 5.06. The van der Waals surface area contributed by atoms with Gasteiger partial charge in [0, 0.05) is 22.0 Å². The van der Waals surface area contributed by atoms with Crippen molar-refractivity contribution >= 4 is 27.3 Å². The molecule has 0 bridgehead atoms. The van der Waals surface area contributed by atoms with Gasteiger partial charge in [-0.2, -0.15) is 11.3 Å². The van der Waals surface area contributed by atoms with Crippen LogP contribution in [0, 0.1) is 0 Å². The fourth-order valence-electron chi connectivity index (χ4n) is 2.08. The van der Waals surface area contributed by atoms with E-state index in [2.05, 4.69) is 21.3 Å². The van der Waals surface area contributed by atoms with Crippen LogP contribution < -0.4 is 4.74 Å². The summed E-state index contributed by atoms with van der Waals surface area (Å²) in [6.45, 7) is 0. The Bertz CT molecular complexity index is 524. The van der Waals surface area contributed by atoms with Crippen LogP contribution in [0.25, 0.3) is 0 Å². The van der Waals surface area contributed by atoms with Crippen molar-refractivity contribution < 1.29 is 9.84 Å². The summed E-state index contributed by atoms with van der Waals surface area (Å²) in [6.07, 6.45) is 0.117. The molecule has 0 fully saturated rings. The second-order valence-electron chi connectivity index (χ2n) is 4.10. The third-order valence-corrected chi connectivity index (χ3v) is 4.15. The van der Waals surface area contributed by atoms with Gasteiger partial charge < -0.3 is 9.84 Å². The number of rotatable bonds is 1. The van der Waals surface area contributed by atoms with Crippen LogP contribution in [0.4, 0.5) is 0 Å². The minimum atomic E-state index is -0.457. The van der Waals surface area contributed by atoms with Gasteiger partial charge in [0.25, 0.3) is 0 Å². The first-order valence-electron chi connectivity index (χ1n) is 5.40. The van der Waals surface area contributed by atoms with Gasteiger partial charge in [0.1, 0.15) is 11.9 Å². The van der Waals surface area contributed by atoms with Gasteiger partial charge in [0.2, 0.25) is 0 Å². The van der Waals surface area contributed by atoms with Gasteiger partial charge in [-0.15, -0.1) is 0 Å². The van der Waals surface area contributed by atoms with Gasteiger partial charge in [-0.25, -0.2) is 0 Å². The number of hydrogen-bond donors (Lipinski definition) is 1. The molecule has 0 amide bonds. The average molecular weight is 311 g/mol. The Morgan fingerprint density at radius 3 is 3.00 bits per heavy atom. The largest absolute Gasteiger partial charge is 0.485 e. The molecule has 0 saturated heterocycles. The Hall–Kier alpha value is -0.840. The van der Waals surface area contributed by atoms with Crippen LogP contribution in [0.15, 0.2) is 39.5 Å². The molecule has 0 saturated carbocycles. The standard InChI is InChI=1S/C13H11BrO2S/c14-9-1-2-12-10(5-9)11(15)6-13(16-12)8-3-4-17-7-8/h1-5,7,11,13,15H,6H2/t11-,13?/m0/s1. The zero-order valence-electron chi connectivity index (χ0n) is 8.97. The highest BCUT2D eigenvalue weighted by molar-refractivity contribution is 9.10. The van der Waals surface area contributed by atoms with Crippen LogP contribution in [0.5, 0.6) is 5.75 Å². The van der Waals surface area contributed by atoms with E-state index in [0.29, 0.717) is 6.42 Å². The van der Waals surface area contributed by atoms with E-state index in [1.807, 2.05) is 29.6 Å². The van der Waals surface area contributed by atoms with Gasteiger partial charge in [-0.05, 0) is 35.0 Å². The Balaban J connectivity index is 1.96. The molecule has 4 heteroatoms. The lowest BCUT2D eigenvalue weighted by Crippen LogP contribution is -2.18. The number of halogens is 1. The van der Waals surface area contributed by atoms with E-state index in [0.717, 1.165) is 21.3 Å². The molecule has 1 unspecified atom stereocenters. The lowest BCUT2D eigenvalue weighted by atomic mass is 9.96. The smallest absolute Gasteiger partial charge is 0.127 e. The highest BCUT2D eigenvalue weighted by Crippen LogP contribution is 2.42. The maximum absolute atomic E-state index is 10.2. The van der Waals surface area contributed by atoms with Crippen molar-refractivity contribution in [2.75, 3.05) is 0 Å². The van der Waals surface area contributed by atoms with E-state index in [9.17, 15) is 5.11 Å². The molecule has 0 aliphatic carbocycles. The zero-order valence-corrected chi connectivity index (χ0v) is 11.4. The molecule has 3 rings (SSSR count). The molecule has 1 aromatic carbocycles. The molecule has 88 valence electrons. The monoisotopic (exact) mass is 310 g/mol. The van der Waals surface area contributed by atoms with Crippen LogP contribution in [0.3, 0.4) is 0 Å². The maximum Gasteiger partial charge on any atom is 0.127 e. The number of aliphatic hydroxyl groups excluding tert-OH is 1. The SMILES string of the molecule is O[C@H]1CC(c2ccsc2)Oc2ccc(Br)cc21. The van der Waals surface area contributed by atoms with Gasteiger partial charge in [0.05, 0.1) is 6.10 Å². The predicted octanol–water partition coefficient (Wildman–Crippen LogP) is 4.07. The molecule has 1 aliphatic rings. The molecule has 1 aliphatic heterocycles. The summed E-state index contributed by atoms with van der Waals surface area (Å²) in [5, 5.41) is 14.3. The van der Waals surface area contributed by atoms with Crippen molar-refractivity contribution in [2.24, 2.45) is 0 Å². The van der Waals surface area contributed by atoms with E-state index in [1.165, 1.54) is 0 Å². The lowest BCUT2D eigenvalue weighted by Gasteiger charge is -2.29. The summed E-state index contributed by atoms with van der Waals surface area (Å²) in [6, 6.07) is 7.80. The van der Waals surface area contributed by atoms with Crippen molar-refractivity contribution in [1.82, 2.24) is 0 Å². The lowest BCUT2D eigenvalue weighted by molar-refractivity contribution is 0.0659. The first kappa shape index (κ1) is 11.3. The van der Waals surface area contributed by atoms with E-state index in [1.54, 1.807) is 11.3 Å². The number of benzene rings is 1. The van der Waals surface area contributed by atoms with Crippen molar-refractivity contribution in [2.45, 2.75) is 18.6 Å². The molecule has 0 radical (unpaired) electrons. The molecule has 17 heavy (non-hydrogen) atoms. The number of hydrogen-bond acceptors (Lipinski definition) is 3. The predicted molar refractivity (Wildman–Crippen MR) is 71.4 cm³/mol. The first-order chi connectivity index (χ1) is 8.24. The third kappa shape index (κ3) is 2.12. The van der Waals surface area contributed by atoms with Gasteiger partial charge >= 0.3 is 0 Å². The van der Waals surface area contributed by atoms with Gasteiger partial charge in [0.15, 0.2) is 0 Å². The van der Waals surface area contributed by atoms with Crippen LogP contribution in [-0.2, 0) is 0 Å². The van der Waals surface area contributed by atoms with Crippen LogP contribution in [-0.4, -0.2) is 5.11 Å². The average Bonchev–Trinajstić information content (AvgIpc) is 2.83. The van der Waals surface area contributed by atoms with Crippen molar-refractivity contribution in [3.8, 4) is 5.75 Å². The summed E-state index contributed by atoms with van der Waals surface area (Å²) in [7, 11) is 0. The highest BCUT2D eigenvalue weighted by Gasteiger charge is 2.28. The van der Waals surface area contributed by atoms with Crippen molar-refractivity contribution in [3.63, 3.8) is 0 Å². The Kier molecular flexibility index (Phi) is 2.94. The van der Waals surface area contributed by atoms with Crippen LogP contribution in [0.1, 0.15) is 29.8 Å². The minimum absolute atomic E-state index is 0.0371. The van der Waals surface area contributed by atoms with E-state index in [4.69, 9.17) is 4.74 Å². The zero-order chi connectivity index (χ0) is 11.8. The summed E-state index contributed by atoms with van der Waals surface area (Å²) in [5.74, 6) is 0.781. The molecule has 0 spiro atoms. The normalized spacial score (nSPS) is 22.9. The molecule has 2 nitrogen and oxygen atoms in total. The second-order valence-corrected chi connectivity index (χ2v) is 5.79. The molecule has 2 atom stereocenters. The maximum atomic E-state index is 10.2. The fraction of sp³-hybridized carbons (Fsp3) is 0.231. The summed E-state index contributed by atoms with van der Waals surface area (Å²) < 4.78 is 6.89. The van der Waals surface area contributed by atoms with Gasteiger partial charge in [-0.3, -0.25) is 0 Å². The fourth-order valence-corrected chi connectivity index (χ4v) is 3.16. The number of thiophene rings is 1. The molecule has 1 N–H and O–H groups in total.